The number of para-hydroxylation sites is 1. The van der Waals surface area contributed by atoms with Crippen LogP contribution < -0.4 is 5.73 Å². The van der Waals surface area contributed by atoms with Gasteiger partial charge in [-0.3, -0.25) is 19.4 Å². The fourth-order valence-electron chi connectivity index (χ4n) is 5.81. The molecule has 0 saturated carbocycles. The molecule has 5 rings (SSSR count). The second-order valence-corrected chi connectivity index (χ2v) is 10.8. The number of fused-ring (bicyclic) bond motifs is 1. The molecular formula is C35H30F3N3O3. The second-order valence-electron chi connectivity index (χ2n) is 10.8. The minimum Gasteiger partial charge on any atom is -0.366 e. The third-order valence-corrected chi connectivity index (χ3v) is 7.74. The van der Waals surface area contributed by atoms with E-state index < -0.39 is 29.3 Å². The average Bonchev–Trinajstić information content (AvgIpc) is 3.35. The van der Waals surface area contributed by atoms with Gasteiger partial charge in [0.2, 0.25) is 0 Å². The lowest BCUT2D eigenvalue weighted by Crippen LogP contribution is -2.17. The van der Waals surface area contributed by atoms with E-state index in [0.717, 1.165) is 28.6 Å². The quantitative estimate of drug-likeness (QED) is 0.166. The number of hydrogen-bond acceptors (Lipinski definition) is 4. The molecule has 0 fully saturated rings. The molecule has 5 aromatic rings. The summed E-state index contributed by atoms with van der Waals surface area (Å²) in [5.41, 5.74) is 9.11. The molecule has 6 nitrogen and oxygen atoms in total. The highest BCUT2D eigenvalue weighted by atomic mass is 19.1. The van der Waals surface area contributed by atoms with Gasteiger partial charge in [-0.1, -0.05) is 37.3 Å². The van der Waals surface area contributed by atoms with Gasteiger partial charge in [0.1, 0.15) is 17.5 Å². The standard InChI is InChI=1S/C35H30F3N3O3/c1-3-22-6-4-7-29-31(20(2)42)19-41(34(22)29)18-27(43)15-24(12-21-13-25(36)17-26(37)14-21)33-28(8-5-11-40-33)23-9-10-32(38)30(16-23)35(39)44/h4-11,13-14,16-17,19,24H,3,12,15,18H2,1-2H3,(H2,39,44)/t24-/m1/s1. The van der Waals surface area contributed by atoms with Crippen LogP contribution in [0.25, 0.3) is 22.0 Å². The largest absolute Gasteiger partial charge is 0.366 e. The number of pyridine rings is 1. The number of aryl methyl sites for hydroxylation is 1. The molecular weight excluding hydrogens is 567 g/mol. The zero-order valence-corrected chi connectivity index (χ0v) is 24.2. The molecule has 2 aromatic heterocycles. The number of carbonyl (C=O) groups excluding carboxylic acids is 3. The Bertz CT molecular complexity index is 1890. The molecule has 2 N–H and O–H groups in total. The first kappa shape index (κ1) is 30.4. The Morgan fingerprint density at radius 1 is 0.932 bits per heavy atom. The van der Waals surface area contributed by atoms with Crippen LogP contribution in [0.15, 0.2) is 79.1 Å². The molecule has 224 valence electrons. The topological polar surface area (TPSA) is 95.1 Å². The summed E-state index contributed by atoms with van der Waals surface area (Å²) in [4.78, 5) is 42.6. The van der Waals surface area contributed by atoms with Gasteiger partial charge in [-0.05, 0) is 66.8 Å². The number of halogens is 3. The number of carbonyl (C=O) groups is 3. The van der Waals surface area contributed by atoms with Crippen molar-refractivity contribution < 1.29 is 27.6 Å². The summed E-state index contributed by atoms with van der Waals surface area (Å²) >= 11 is 0. The van der Waals surface area contributed by atoms with E-state index >= 15 is 0 Å². The SMILES string of the molecule is CCc1cccc2c(C(C)=O)cn(CC(=O)C[C@@H](Cc3cc(F)cc(F)c3)c3ncccc3-c3ccc(F)c(C(N)=O)c3)c12. The fourth-order valence-corrected chi connectivity index (χ4v) is 5.81. The number of amides is 1. The Labute approximate surface area is 252 Å². The maximum absolute atomic E-state index is 14.3. The third kappa shape index (κ3) is 6.32. The van der Waals surface area contributed by atoms with Crippen LogP contribution in [-0.4, -0.2) is 27.0 Å². The van der Waals surface area contributed by atoms with Crippen LogP contribution in [0.4, 0.5) is 13.2 Å². The molecule has 0 spiro atoms. The highest BCUT2D eigenvalue weighted by molar-refractivity contribution is 6.08. The van der Waals surface area contributed by atoms with E-state index in [0.29, 0.717) is 34.4 Å². The van der Waals surface area contributed by atoms with E-state index in [9.17, 15) is 27.6 Å². The van der Waals surface area contributed by atoms with Crippen LogP contribution in [0.5, 0.6) is 0 Å². The van der Waals surface area contributed by atoms with Gasteiger partial charge in [-0.25, -0.2) is 13.2 Å². The summed E-state index contributed by atoms with van der Waals surface area (Å²) in [6.45, 7) is 3.44. The lowest BCUT2D eigenvalue weighted by Gasteiger charge is -2.20. The van der Waals surface area contributed by atoms with Crippen LogP contribution in [0.1, 0.15) is 63.7 Å². The van der Waals surface area contributed by atoms with Gasteiger partial charge >= 0.3 is 0 Å². The fraction of sp³-hybridized carbons (Fsp3) is 0.200. The van der Waals surface area contributed by atoms with E-state index in [1.807, 2.05) is 25.1 Å². The first-order valence-corrected chi connectivity index (χ1v) is 14.2. The molecule has 0 radical (unpaired) electrons. The molecule has 44 heavy (non-hydrogen) atoms. The molecule has 0 aliphatic rings. The number of aromatic nitrogens is 2. The van der Waals surface area contributed by atoms with Crippen molar-refractivity contribution in [1.82, 2.24) is 9.55 Å². The molecule has 1 amide bonds. The molecule has 3 aromatic carbocycles. The minimum absolute atomic E-state index is 0.0423. The van der Waals surface area contributed by atoms with E-state index in [1.54, 1.807) is 22.9 Å². The average molecular weight is 598 g/mol. The number of primary amides is 1. The lowest BCUT2D eigenvalue weighted by molar-refractivity contribution is -0.120. The van der Waals surface area contributed by atoms with Crippen molar-refractivity contribution in [2.75, 3.05) is 0 Å². The second kappa shape index (κ2) is 12.7. The summed E-state index contributed by atoms with van der Waals surface area (Å²) in [6, 6.07) is 16.2. The first-order valence-electron chi connectivity index (χ1n) is 14.2. The number of hydrogen-bond donors (Lipinski definition) is 1. The van der Waals surface area contributed by atoms with Crippen molar-refractivity contribution >= 4 is 28.4 Å². The predicted octanol–water partition coefficient (Wildman–Crippen LogP) is 6.97. The molecule has 9 heteroatoms. The summed E-state index contributed by atoms with van der Waals surface area (Å²) in [6.07, 6.45) is 3.93. The van der Waals surface area contributed by atoms with Gasteiger partial charge < -0.3 is 10.3 Å². The number of rotatable bonds is 11. The Kier molecular flexibility index (Phi) is 8.76. The van der Waals surface area contributed by atoms with Crippen molar-refractivity contribution in [1.29, 1.82) is 0 Å². The van der Waals surface area contributed by atoms with Crippen molar-refractivity contribution in [2.45, 2.75) is 45.6 Å². The Hall–Kier alpha value is -5.05. The smallest absolute Gasteiger partial charge is 0.251 e. The highest BCUT2D eigenvalue weighted by Crippen LogP contribution is 2.34. The van der Waals surface area contributed by atoms with E-state index in [2.05, 4.69) is 4.98 Å². The van der Waals surface area contributed by atoms with Crippen molar-refractivity contribution in [3.8, 4) is 11.1 Å². The molecule has 2 heterocycles. The maximum atomic E-state index is 14.3. The number of nitrogens with zero attached hydrogens (tertiary/aromatic N) is 2. The first-order chi connectivity index (χ1) is 21.0. The number of ketones is 2. The summed E-state index contributed by atoms with van der Waals surface area (Å²) in [7, 11) is 0. The van der Waals surface area contributed by atoms with Crippen LogP contribution in [0.2, 0.25) is 0 Å². The zero-order chi connectivity index (χ0) is 31.5. The normalized spacial score (nSPS) is 11.9. The van der Waals surface area contributed by atoms with Crippen LogP contribution in [-0.2, 0) is 24.2 Å². The van der Waals surface area contributed by atoms with E-state index in [4.69, 9.17) is 5.73 Å². The van der Waals surface area contributed by atoms with E-state index in [-0.39, 0.29) is 36.5 Å². The minimum atomic E-state index is -0.938. The monoisotopic (exact) mass is 597 g/mol. The van der Waals surface area contributed by atoms with Crippen molar-refractivity contribution in [3.05, 3.63) is 125 Å². The van der Waals surface area contributed by atoms with Gasteiger partial charge in [0.15, 0.2) is 11.6 Å². The molecule has 0 aliphatic heterocycles. The molecule has 0 unspecified atom stereocenters. The Morgan fingerprint density at radius 2 is 1.68 bits per heavy atom. The predicted molar refractivity (Wildman–Crippen MR) is 162 cm³/mol. The molecule has 0 saturated heterocycles. The number of Topliss-reactive ketones (excluding diaryl/α,β-unsaturated/α-hetero) is 2. The van der Waals surface area contributed by atoms with Gasteiger partial charge in [-0.15, -0.1) is 0 Å². The Morgan fingerprint density at radius 3 is 2.36 bits per heavy atom. The molecule has 0 aliphatic carbocycles. The lowest BCUT2D eigenvalue weighted by atomic mass is 9.86. The Balaban J connectivity index is 1.56. The summed E-state index contributed by atoms with van der Waals surface area (Å²) in [5.74, 6) is -4.18. The van der Waals surface area contributed by atoms with Gasteiger partial charge in [0.05, 0.1) is 23.3 Å². The van der Waals surface area contributed by atoms with Crippen molar-refractivity contribution in [3.63, 3.8) is 0 Å². The van der Waals surface area contributed by atoms with Gasteiger partial charge in [0, 0.05) is 47.3 Å². The van der Waals surface area contributed by atoms with Crippen molar-refractivity contribution in [2.24, 2.45) is 5.73 Å². The van der Waals surface area contributed by atoms with Crippen LogP contribution >= 0.6 is 0 Å². The van der Waals surface area contributed by atoms with Gasteiger partial charge in [-0.2, -0.15) is 0 Å². The molecule has 0 bridgehead atoms. The number of nitrogens with two attached hydrogens (primary N) is 1. The maximum Gasteiger partial charge on any atom is 0.251 e. The number of benzene rings is 3. The van der Waals surface area contributed by atoms with E-state index in [1.165, 1.54) is 37.4 Å². The van der Waals surface area contributed by atoms with Gasteiger partial charge in [0.25, 0.3) is 5.91 Å². The van der Waals surface area contributed by atoms with Crippen LogP contribution in [0.3, 0.4) is 0 Å². The molecule has 1 atom stereocenters. The van der Waals surface area contributed by atoms with Crippen LogP contribution in [0, 0.1) is 17.5 Å². The zero-order valence-electron chi connectivity index (χ0n) is 24.2. The summed E-state index contributed by atoms with van der Waals surface area (Å²) < 4.78 is 44.5. The highest BCUT2D eigenvalue weighted by Gasteiger charge is 2.24. The third-order valence-electron chi connectivity index (χ3n) is 7.74. The summed E-state index contributed by atoms with van der Waals surface area (Å²) in [5, 5.41) is 0.769.